The molecule has 1 fully saturated rings. The highest BCUT2D eigenvalue weighted by atomic mass is 127. The van der Waals surface area contributed by atoms with E-state index in [4.69, 9.17) is 0 Å². The summed E-state index contributed by atoms with van der Waals surface area (Å²) in [6, 6.07) is 12.5. The third kappa shape index (κ3) is 7.68. The fraction of sp³-hybridized carbons (Fsp3) is 0.522. The quantitative estimate of drug-likeness (QED) is 0.227. The molecule has 1 amide bonds. The Morgan fingerprint density at radius 2 is 1.75 bits per heavy atom. The first-order chi connectivity index (χ1) is 15.1. The van der Waals surface area contributed by atoms with E-state index in [2.05, 4.69) is 62.9 Å². The van der Waals surface area contributed by atoms with Crippen LogP contribution in [0.1, 0.15) is 24.2 Å². The zero-order valence-electron chi connectivity index (χ0n) is 19.4. The third-order valence-electron chi connectivity index (χ3n) is 5.55. The third-order valence-corrected chi connectivity index (χ3v) is 5.55. The summed E-state index contributed by atoms with van der Waals surface area (Å²) in [7, 11) is 1.75. The van der Waals surface area contributed by atoms with Crippen LogP contribution < -0.4 is 15.5 Å². The van der Waals surface area contributed by atoms with E-state index in [-0.39, 0.29) is 29.9 Å². The van der Waals surface area contributed by atoms with Gasteiger partial charge >= 0.3 is 0 Å². The van der Waals surface area contributed by atoms with Crippen molar-refractivity contribution in [2.75, 3.05) is 51.2 Å². The van der Waals surface area contributed by atoms with Gasteiger partial charge < -0.3 is 20.4 Å². The van der Waals surface area contributed by atoms with Gasteiger partial charge in [-0.25, -0.2) is 0 Å². The molecule has 2 heterocycles. The molecule has 0 atom stereocenters. The molecule has 3 rings (SSSR count). The number of nitrogens with one attached hydrogen (secondary N) is 2. The van der Waals surface area contributed by atoms with E-state index in [0.717, 1.165) is 57.3 Å². The van der Waals surface area contributed by atoms with Crippen LogP contribution in [-0.4, -0.2) is 72.9 Å². The molecule has 1 aromatic heterocycles. The number of guanidine groups is 1. The average molecular weight is 553 g/mol. The summed E-state index contributed by atoms with van der Waals surface area (Å²) in [5, 5.41) is 11.0. The van der Waals surface area contributed by atoms with Crippen molar-refractivity contribution in [3.63, 3.8) is 0 Å². The van der Waals surface area contributed by atoms with E-state index in [9.17, 15) is 4.79 Å². The largest absolute Gasteiger partial charge is 0.368 e. The smallest absolute Gasteiger partial charge is 0.224 e. The first-order valence-electron chi connectivity index (χ1n) is 11.1. The van der Waals surface area contributed by atoms with E-state index in [1.165, 1.54) is 11.4 Å². The van der Waals surface area contributed by atoms with Crippen LogP contribution >= 0.6 is 24.0 Å². The minimum absolute atomic E-state index is 0. The molecule has 0 bridgehead atoms. The van der Waals surface area contributed by atoms with Gasteiger partial charge in [-0.3, -0.25) is 14.5 Å². The maximum Gasteiger partial charge on any atom is 0.224 e. The lowest BCUT2D eigenvalue weighted by molar-refractivity contribution is -0.131. The van der Waals surface area contributed by atoms with Crippen LogP contribution in [0.4, 0.5) is 5.69 Å². The molecule has 0 aliphatic carbocycles. The van der Waals surface area contributed by atoms with Gasteiger partial charge in [0.2, 0.25) is 5.91 Å². The predicted molar refractivity (Wildman–Crippen MR) is 141 cm³/mol. The van der Waals surface area contributed by atoms with Crippen molar-refractivity contribution < 1.29 is 4.79 Å². The second-order valence-electron chi connectivity index (χ2n) is 7.88. The second kappa shape index (κ2) is 13.3. The summed E-state index contributed by atoms with van der Waals surface area (Å²) in [6.45, 7) is 9.63. The van der Waals surface area contributed by atoms with Crippen LogP contribution in [0.25, 0.3) is 0 Å². The van der Waals surface area contributed by atoms with Crippen molar-refractivity contribution in [1.82, 2.24) is 25.3 Å². The van der Waals surface area contributed by atoms with Crippen molar-refractivity contribution in [3.8, 4) is 0 Å². The number of hydrogen-bond acceptors (Lipinski definition) is 4. The van der Waals surface area contributed by atoms with Gasteiger partial charge in [0.05, 0.1) is 5.69 Å². The number of amides is 1. The van der Waals surface area contributed by atoms with Crippen LogP contribution in [0.15, 0.2) is 41.4 Å². The number of aryl methyl sites for hydroxylation is 3. The number of halogens is 1. The molecule has 2 aromatic rings. The zero-order chi connectivity index (χ0) is 22.1. The molecular formula is C23H36IN7O. The van der Waals surface area contributed by atoms with Gasteiger partial charge in [0.25, 0.3) is 0 Å². The topological polar surface area (TPSA) is 77.8 Å². The summed E-state index contributed by atoms with van der Waals surface area (Å²) in [5.74, 6) is 0.926. The normalized spacial score (nSPS) is 14.2. The Hall–Kier alpha value is -2.30. The predicted octanol–water partition coefficient (Wildman–Crippen LogP) is 2.41. The van der Waals surface area contributed by atoms with Gasteiger partial charge in [-0.1, -0.05) is 18.2 Å². The van der Waals surface area contributed by atoms with Crippen molar-refractivity contribution in [3.05, 3.63) is 47.8 Å². The van der Waals surface area contributed by atoms with Crippen molar-refractivity contribution in [2.24, 2.45) is 4.99 Å². The minimum atomic E-state index is 0. The summed E-state index contributed by atoms with van der Waals surface area (Å²) in [6.07, 6.45) is 1.42. The Bertz CT molecular complexity index is 860. The number of rotatable bonds is 8. The Labute approximate surface area is 208 Å². The molecule has 1 aromatic carbocycles. The number of para-hydroxylation sites is 1. The lowest BCUT2D eigenvalue weighted by atomic mass is 10.2. The average Bonchev–Trinajstić information content (AvgIpc) is 3.12. The van der Waals surface area contributed by atoms with E-state index in [1.807, 2.05) is 22.6 Å². The molecule has 1 saturated heterocycles. The van der Waals surface area contributed by atoms with Crippen molar-refractivity contribution in [2.45, 2.75) is 33.2 Å². The molecule has 0 radical (unpaired) electrons. The molecule has 2 N–H and O–H groups in total. The van der Waals surface area contributed by atoms with Gasteiger partial charge in [0, 0.05) is 70.7 Å². The number of aliphatic imine (C=N–C) groups is 1. The van der Waals surface area contributed by atoms with Gasteiger partial charge in [-0.2, -0.15) is 5.10 Å². The first-order valence-corrected chi connectivity index (χ1v) is 11.1. The SMILES string of the molecule is CN=C(NCCCn1nc(C)cc1C)NCCC(=O)N1CCN(c2ccccc2)CC1.I. The number of carbonyl (C=O) groups excluding carboxylic acids is 1. The number of hydrogen-bond donors (Lipinski definition) is 2. The van der Waals surface area contributed by atoms with Gasteiger partial charge in [0.1, 0.15) is 0 Å². The Morgan fingerprint density at radius 3 is 2.38 bits per heavy atom. The number of nitrogens with zero attached hydrogens (tertiary/aromatic N) is 5. The number of carbonyl (C=O) groups is 1. The number of aromatic nitrogens is 2. The molecule has 0 saturated carbocycles. The fourth-order valence-electron chi connectivity index (χ4n) is 3.86. The second-order valence-corrected chi connectivity index (χ2v) is 7.88. The summed E-state index contributed by atoms with van der Waals surface area (Å²) >= 11 is 0. The minimum Gasteiger partial charge on any atom is -0.368 e. The highest BCUT2D eigenvalue weighted by molar-refractivity contribution is 14.0. The monoisotopic (exact) mass is 553 g/mol. The van der Waals surface area contributed by atoms with E-state index >= 15 is 0 Å². The molecule has 9 heteroatoms. The van der Waals surface area contributed by atoms with Crippen LogP contribution in [-0.2, 0) is 11.3 Å². The van der Waals surface area contributed by atoms with Crippen LogP contribution in [0, 0.1) is 13.8 Å². The number of anilines is 1. The maximum atomic E-state index is 12.6. The van der Waals surface area contributed by atoms with Crippen LogP contribution in [0.5, 0.6) is 0 Å². The number of piperazine rings is 1. The summed E-state index contributed by atoms with van der Waals surface area (Å²) in [4.78, 5) is 21.1. The highest BCUT2D eigenvalue weighted by Crippen LogP contribution is 2.15. The summed E-state index contributed by atoms with van der Waals surface area (Å²) < 4.78 is 2.03. The standard InChI is InChI=1S/C23H35N7O.HI/c1-19-18-20(2)30(27-19)13-7-11-25-23(24-3)26-12-10-22(31)29-16-14-28(15-17-29)21-8-5-4-6-9-21;/h4-6,8-9,18H,7,10-17H2,1-3H3,(H2,24,25,26);1H. The van der Waals surface area contributed by atoms with E-state index < -0.39 is 0 Å². The zero-order valence-corrected chi connectivity index (χ0v) is 21.7. The Kier molecular flexibility index (Phi) is 10.8. The molecule has 1 aliphatic heterocycles. The number of benzene rings is 1. The van der Waals surface area contributed by atoms with Gasteiger partial charge in [-0.15, -0.1) is 24.0 Å². The molecule has 0 spiro atoms. The highest BCUT2D eigenvalue weighted by Gasteiger charge is 2.20. The van der Waals surface area contributed by atoms with Crippen LogP contribution in [0.2, 0.25) is 0 Å². The van der Waals surface area contributed by atoms with Gasteiger partial charge in [0.15, 0.2) is 5.96 Å². The van der Waals surface area contributed by atoms with Crippen LogP contribution in [0.3, 0.4) is 0 Å². The Morgan fingerprint density at radius 1 is 1.06 bits per heavy atom. The molecular weight excluding hydrogens is 517 g/mol. The molecule has 8 nitrogen and oxygen atoms in total. The molecule has 32 heavy (non-hydrogen) atoms. The van der Waals surface area contributed by atoms with Crippen molar-refractivity contribution >= 4 is 41.5 Å². The lowest BCUT2D eigenvalue weighted by Gasteiger charge is -2.36. The summed E-state index contributed by atoms with van der Waals surface area (Å²) in [5.41, 5.74) is 3.46. The van der Waals surface area contributed by atoms with E-state index in [1.54, 1.807) is 7.05 Å². The van der Waals surface area contributed by atoms with Crippen molar-refractivity contribution in [1.29, 1.82) is 0 Å². The molecule has 1 aliphatic rings. The van der Waals surface area contributed by atoms with E-state index in [0.29, 0.717) is 13.0 Å². The fourth-order valence-corrected chi connectivity index (χ4v) is 3.86. The molecule has 0 unspecified atom stereocenters. The van der Waals surface area contributed by atoms with Gasteiger partial charge in [-0.05, 0) is 38.5 Å². The first kappa shape index (κ1) is 26.0. The lowest BCUT2D eigenvalue weighted by Crippen LogP contribution is -2.49. The molecule has 176 valence electrons. The Balaban J connectivity index is 0.00000363. The maximum absolute atomic E-state index is 12.6.